The number of aliphatic imine (C=N–C) groups is 1. The van der Waals surface area contributed by atoms with E-state index in [0.29, 0.717) is 6.54 Å². The second kappa shape index (κ2) is 8.67. The summed E-state index contributed by atoms with van der Waals surface area (Å²) in [7, 11) is 0. The normalized spacial score (nSPS) is 10.9. The number of nitro benzene ring substituents is 1. The standard InChI is InChI=1S/C18H21N3O3/c1-2-20(16-7-4-3-5-8-16)12-6-11-19-14-15-13-17(21(23)24)9-10-18(15)22/h3-5,7-10,13-14,22H,2,6,11-12H2,1H3/p-1. The van der Waals surface area contributed by atoms with Crippen LogP contribution < -0.4 is 10.0 Å². The van der Waals surface area contributed by atoms with Gasteiger partial charge in [-0.25, -0.2) is 0 Å². The summed E-state index contributed by atoms with van der Waals surface area (Å²) in [6, 6.07) is 13.8. The Kier molecular flexibility index (Phi) is 6.31. The number of rotatable bonds is 8. The molecule has 0 aliphatic heterocycles. The topological polar surface area (TPSA) is 81.8 Å². The van der Waals surface area contributed by atoms with Crippen LogP contribution in [0.1, 0.15) is 18.9 Å². The first kappa shape index (κ1) is 17.5. The van der Waals surface area contributed by atoms with Gasteiger partial charge in [-0.1, -0.05) is 30.0 Å². The van der Waals surface area contributed by atoms with Gasteiger partial charge in [-0.05, 0) is 31.0 Å². The predicted molar refractivity (Wildman–Crippen MR) is 93.9 cm³/mol. The zero-order valence-corrected chi connectivity index (χ0v) is 13.6. The Morgan fingerprint density at radius 2 is 1.96 bits per heavy atom. The van der Waals surface area contributed by atoms with E-state index in [9.17, 15) is 15.2 Å². The minimum atomic E-state index is -0.518. The molecular weight excluding hydrogens is 306 g/mol. The van der Waals surface area contributed by atoms with Gasteiger partial charge < -0.3 is 10.0 Å². The largest absolute Gasteiger partial charge is 0.872 e. The molecule has 0 spiro atoms. The molecule has 0 fully saturated rings. The second-order valence-corrected chi connectivity index (χ2v) is 5.28. The summed E-state index contributed by atoms with van der Waals surface area (Å²) in [6.07, 6.45) is 2.26. The molecule has 2 rings (SSSR count). The average Bonchev–Trinajstić information content (AvgIpc) is 2.60. The highest BCUT2D eigenvalue weighted by atomic mass is 16.6. The number of anilines is 1. The molecule has 0 unspecified atom stereocenters. The number of non-ortho nitro benzene ring substituents is 1. The molecule has 0 aromatic heterocycles. The van der Waals surface area contributed by atoms with E-state index in [1.165, 1.54) is 30.1 Å². The average molecular weight is 326 g/mol. The van der Waals surface area contributed by atoms with Crippen molar-refractivity contribution in [2.45, 2.75) is 13.3 Å². The third-order valence-electron chi connectivity index (χ3n) is 3.65. The smallest absolute Gasteiger partial charge is 0.270 e. The molecule has 6 heteroatoms. The molecule has 0 heterocycles. The van der Waals surface area contributed by atoms with E-state index in [1.807, 2.05) is 18.2 Å². The number of para-hydroxylation sites is 1. The first-order valence-corrected chi connectivity index (χ1v) is 7.87. The molecular formula is C18H20N3O3-. The molecule has 24 heavy (non-hydrogen) atoms. The van der Waals surface area contributed by atoms with Crippen LogP contribution in [-0.4, -0.2) is 30.8 Å². The van der Waals surface area contributed by atoms with Crippen molar-refractivity contribution in [3.8, 4) is 5.75 Å². The van der Waals surface area contributed by atoms with Crippen molar-refractivity contribution in [2.75, 3.05) is 24.5 Å². The van der Waals surface area contributed by atoms with Gasteiger partial charge in [0.05, 0.1) is 4.92 Å². The lowest BCUT2D eigenvalue weighted by Gasteiger charge is -2.22. The minimum Gasteiger partial charge on any atom is -0.872 e. The van der Waals surface area contributed by atoms with Crippen molar-refractivity contribution in [2.24, 2.45) is 4.99 Å². The van der Waals surface area contributed by atoms with Gasteiger partial charge in [0.25, 0.3) is 5.69 Å². The fraction of sp³-hybridized carbons (Fsp3) is 0.278. The SMILES string of the molecule is CCN(CCCN=Cc1cc([N+](=O)[O-])ccc1[O-])c1ccccc1. The quantitative estimate of drug-likeness (QED) is 0.323. The number of benzene rings is 2. The highest BCUT2D eigenvalue weighted by Gasteiger charge is 2.05. The van der Waals surface area contributed by atoms with Gasteiger partial charge >= 0.3 is 0 Å². The van der Waals surface area contributed by atoms with Crippen molar-refractivity contribution in [1.82, 2.24) is 0 Å². The Labute approximate surface area is 141 Å². The summed E-state index contributed by atoms with van der Waals surface area (Å²) in [6.45, 7) is 4.43. The lowest BCUT2D eigenvalue weighted by atomic mass is 10.2. The Bertz CT molecular complexity index is 702. The fourth-order valence-electron chi connectivity index (χ4n) is 2.37. The van der Waals surface area contributed by atoms with Gasteiger partial charge in [0.15, 0.2) is 0 Å². The van der Waals surface area contributed by atoms with Crippen LogP contribution in [0.2, 0.25) is 0 Å². The summed E-state index contributed by atoms with van der Waals surface area (Å²) in [4.78, 5) is 16.7. The van der Waals surface area contributed by atoms with E-state index in [1.54, 1.807) is 0 Å². The van der Waals surface area contributed by atoms with Crippen molar-refractivity contribution >= 4 is 17.6 Å². The summed E-state index contributed by atoms with van der Waals surface area (Å²) < 4.78 is 0. The molecule has 2 aromatic rings. The number of hydrogen-bond acceptors (Lipinski definition) is 5. The van der Waals surface area contributed by atoms with E-state index < -0.39 is 4.92 Å². The lowest BCUT2D eigenvalue weighted by Crippen LogP contribution is -2.24. The van der Waals surface area contributed by atoms with Crippen LogP contribution in [0, 0.1) is 10.1 Å². The molecule has 0 saturated heterocycles. The Hall–Kier alpha value is -2.89. The molecule has 0 bridgehead atoms. The molecule has 0 N–H and O–H groups in total. The first-order chi connectivity index (χ1) is 11.6. The molecule has 0 atom stereocenters. The van der Waals surface area contributed by atoms with Crippen molar-refractivity contribution in [3.63, 3.8) is 0 Å². The summed E-state index contributed by atoms with van der Waals surface area (Å²) in [5, 5.41) is 22.4. The van der Waals surface area contributed by atoms with Gasteiger partial charge in [0.1, 0.15) is 0 Å². The Morgan fingerprint density at radius 1 is 1.21 bits per heavy atom. The monoisotopic (exact) mass is 326 g/mol. The fourth-order valence-corrected chi connectivity index (χ4v) is 2.37. The highest BCUT2D eigenvalue weighted by Crippen LogP contribution is 2.19. The third-order valence-corrected chi connectivity index (χ3v) is 3.65. The second-order valence-electron chi connectivity index (χ2n) is 5.28. The predicted octanol–water partition coefficient (Wildman–Crippen LogP) is 3.00. The lowest BCUT2D eigenvalue weighted by molar-refractivity contribution is -0.385. The number of nitrogens with zero attached hydrogens (tertiary/aromatic N) is 3. The molecule has 0 saturated carbocycles. The molecule has 126 valence electrons. The van der Waals surface area contributed by atoms with Gasteiger partial charge in [-0.2, -0.15) is 0 Å². The molecule has 0 aliphatic carbocycles. The summed E-state index contributed by atoms with van der Waals surface area (Å²) in [5.74, 6) is -0.260. The maximum absolute atomic E-state index is 11.7. The Morgan fingerprint density at radius 3 is 2.62 bits per heavy atom. The van der Waals surface area contributed by atoms with Gasteiger partial charge in [0.2, 0.25) is 0 Å². The number of nitro groups is 1. The van der Waals surface area contributed by atoms with Crippen LogP contribution in [0.15, 0.2) is 53.5 Å². The van der Waals surface area contributed by atoms with Crippen LogP contribution in [0.4, 0.5) is 11.4 Å². The van der Waals surface area contributed by atoms with Gasteiger partial charge in [0, 0.05) is 43.7 Å². The summed E-state index contributed by atoms with van der Waals surface area (Å²) in [5.41, 5.74) is 1.32. The zero-order valence-electron chi connectivity index (χ0n) is 13.6. The molecule has 2 aromatic carbocycles. The van der Waals surface area contributed by atoms with E-state index >= 15 is 0 Å². The zero-order chi connectivity index (χ0) is 17.4. The van der Waals surface area contributed by atoms with Crippen LogP contribution in [0.5, 0.6) is 5.75 Å². The van der Waals surface area contributed by atoms with Crippen LogP contribution >= 0.6 is 0 Å². The number of hydrogen-bond donors (Lipinski definition) is 0. The van der Waals surface area contributed by atoms with Gasteiger partial charge in [-0.3, -0.25) is 15.1 Å². The maximum atomic E-state index is 11.7. The third kappa shape index (κ3) is 4.81. The van der Waals surface area contributed by atoms with E-state index in [2.05, 4.69) is 28.9 Å². The van der Waals surface area contributed by atoms with E-state index in [4.69, 9.17) is 0 Å². The molecule has 6 nitrogen and oxygen atoms in total. The van der Waals surface area contributed by atoms with Crippen LogP contribution in [0.25, 0.3) is 0 Å². The minimum absolute atomic E-state index is 0.0997. The van der Waals surface area contributed by atoms with E-state index in [-0.39, 0.29) is 17.0 Å². The van der Waals surface area contributed by atoms with Crippen molar-refractivity contribution < 1.29 is 10.0 Å². The van der Waals surface area contributed by atoms with E-state index in [0.717, 1.165) is 19.5 Å². The van der Waals surface area contributed by atoms with Crippen LogP contribution in [-0.2, 0) is 0 Å². The highest BCUT2D eigenvalue weighted by molar-refractivity contribution is 5.84. The Balaban J connectivity index is 1.88. The maximum Gasteiger partial charge on any atom is 0.270 e. The molecule has 0 aliphatic rings. The van der Waals surface area contributed by atoms with Crippen molar-refractivity contribution in [1.29, 1.82) is 0 Å². The summed E-state index contributed by atoms with van der Waals surface area (Å²) >= 11 is 0. The van der Waals surface area contributed by atoms with Crippen molar-refractivity contribution in [3.05, 3.63) is 64.2 Å². The van der Waals surface area contributed by atoms with Gasteiger partial charge in [-0.15, -0.1) is 0 Å². The molecule has 0 amide bonds. The first-order valence-electron chi connectivity index (χ1n) is 7.87. The molecule has 0 radical (unpaired) electrons. The van der Waals surface area contributed by atoms with Crippen LogP contribution in [0.3, 0.4) is 0 Å².